The minimum absolute atomic E-state index is 0.00535. The standard InChI is InChI=1S/C21H23F2NO3/c1-21(2,3)14-7-5-13(6-8-14)11-18(20(26)27-4)24-19(25)16-10-9-15(22)12-17(16)23/h5-10,12,18H,11H2,1-4H3,(H,24,25)/t18-/m1/s1. The average molecular weight is 375 g/mol. The van der Waals surface area contributed by atoms with Crippen LogP contribution in [0.4, 0.5) is 8.78 Å². The summed E-state index contributed by atoms with van der Waals surface area (Å²) in [5.74, 6) is -3.24. The monoisotopic (exact) mass is 375 g/mol. The summed E-state index contributed by atoms with van der Waals surface area (Å²) in [7, 11) is 1.21. The van der Waals surface area contributed by atoms with Crippen LogP contribution in [0.25, 0.3) is 0 Å². The van der Waals surface area contributed by atoms with Gasteiger partial charge in [0, 0.05) is 12.5 Å². The van der Waals surface area contributed by atoms with Gasteiger partial charge in [0.15, 0.2) is 0 Å². The van der Waals surface area contributed by atoms with Crippen LogP contribution < -0.4 is 5.32 Å². The van der Waals surface area contributed by atoms with E-state index in [1.54, 1.807) is 0 Å². The van der Waals surface area contributed by atoms with Gasteiger partial charge in [-0.05, 0) is 28.7 Å². The number of amides is 1. The van der Waals surface area contributed by atoms with Crippen molar-refractivity contribution in [3.8, 4) is 0 Å². The van der Waals surface area contributed by atoms with Gasteiger partial charge in [0.2, 0.25) is 0 Å². The lowest BCUT2D eigenvalue weighted by atomic mass is 9.86. The predicted molar refractivity (Wildman–Crippen MR) is 98.5 cm³/mol. The van der Waals surface area contributed by atoms with Crippen molar-refractivity contribution < 1.29 is 23.1 Å². The van der Waals surface area contributed by atoms with Crippen molar-refractivity contribution >= 4 is 11.9 Å². The molecular formula is C21H23F2NO3. The van der Waals surface area contributed by atoms with Gasteiger partial charge in [-0.15, -0.1) is 0 Å². The molecule has 0 spiro atoms. The van der Waals surface area contributed by atoms with Crippen LogP contribution in [-0.4, -0.2) is 25.0 Å². The van der Waals surface area contributed by atoms with E-state index in [-0.39, 0.29) is 17.4 Å². The molecule has 2 aromatic carbocycles. The van der Waals surface area contributed by atoms with Crippen LogP contribution in [0.1, 0.15) is 42.3 Å². The van der Waals surface area contributed by atoms with Crippen LogP contribution in [0.15, 0.2) is 42.5 Å². The number of hydrogen-bond donors (Lipinski definition) is 1. The Kier molecular flexibility index (Phi) is 6.31. The smallest absolute Gasteiger partial charge is 0.328 e. The first-order valence-electron chi connectivity index (χ1n) is 8.55. The summed E-state index contributed by atoms with van der Waals surface area (Å²) in [5, 5.41) is 2.46. The van der Waals surface area contributed by atoms with Gasteiger partial charge in [0.25, 0.3) is 5.91 Å². The van der Waals surface area contributed by atoms with E-state index in [2.05, 4.69) is 26.1 Å². The maximum atomic E-state index is 13.8. The van der Waals surface area contributed by atoms with Gasteiger partial charge < -0.3 is 10.1 Å². The first kappa shape index (κ1) is 20.6. The molecule has 1 amide bonds. The van der Waals surface area contributed by atoms with Crippen LogP contribution in [0, 0.1) is 11.6 Å². The Balaban J connectivity index is 2.18. The fourth-order valence-corrected chi connectivity index (χ4v) is 2.62. The van der Waals surface area contributed by atoms with Gasteiger partial charge in [0.1, 0.15) is 17.7 Å². The molecule has 0 bridgehead atoms. The topological polar surface area (TPSA) is 55.4 Å². The van der Waals surface area contributed by atoms with E-state index >= 15 is 0 Å². The van der Waals surface area contributed by atoms with Crippen LogP contribution in [0.3, 0.4) is 0 Å². The number of nitrogens with one attached hydrogen (secondary N) is 1. The second-order valence-electron chi connectivity index (χ2n) is 7.32. The Labute approximate surface area is 157 Å². The molecule has 0 saturated carbocycles. The number of carbonyl (C=O) groups excluding carboxylic acids is 2. The van der Waals surface area contributed by atoms with E-state index in [0.717, 1.165) is 23.3 Å². The van der Waals surface area contributed by atoms with Crippen molar-refractivity contribution in [2.45, 2.75) is 38.6 Å². The van der Waals surface area contributed by atoms with E-state index < -0.39 is 29.6 Å². The highest BCUT2D eigenvalue weighted by Crippen LogP contribution is 2.22. The first-order chi connectivity index (χ1) is 12.6. The molecule has 0 fully saturated rings. The number of esters is 1. The lowest BCUT2D eigenvalue weighted by molar-refractivity contribution is -0.142. The molecule has 2 rings (SSSR count). The summed E-state index contributed by atoms with van der Waals surface area (Å²) < 4.78 is 31.6. The maximum absolute atomic E-state index is 13.8. The van der Waals surface area contributed by atoms with Crippen LogP contribution in [0.5, 0.6) is 0 Å². The molecule has 0 radical (unpaired) electrons. The van der Waals surface area contributed by atoms with Crippen molar-refractivity contribution in [2.24, 2.45) is 0 Å². The van der Waals surface area contributed by atoms with Gasteiger partial charge in [0.05, 0.1) is 12.7 Å². The Morgan fingerprint density at radius 3 is 2.22 bits per heavy atom. The summed E-state index contributed by atoms with van der Waals surface area (Å²) in [6.45, 7) is 6.28. The van der Waals surface area contributed by atoms with E-state index in [9.17, 15) is 18.4 Å². The highest BCUT2D eigenvalue weighted by atomic mass is 19.1. The van der Waals surface area contributed by atoms with E-state index in [0.29, 0.717) is 6.07 Å². The Bertz CT molecular complexity index is 826. The summed E-state index contributed by atoms with van der Waals surface area (Å²) in [5.41, 5.74) is 1.61. The lowest BCUT2D eigenvalue weighted by Crippen LogP contribution is -2.43. The van der Waals surface area contributed by atoms with Gasteiger partial charge in [-0.3, -0.25) is 4.79 Å². The molecule has 4 nitrogen and oxygen atoms in total. The molecule has 27 heavy (non-hydrogen) atoms. The number of carbonyl (C=O) groups is 2. The molecule has 1 N–H and O–H groups in total. The SMILES string of the molecule is COC(=O)[C@@H](Cc1ccc(C(C)(C)C)cc1)NC(=O)c1ccc(F)cc1F. The Morgan fingerprint density at radius 1 is 1.07 bits per heavy atom. The molecule has 0 heterocycles. The minimum Gasteiger partial charge on any atom is -0.467 e. The summed E-state index contributed by atoms with van der Waals surface area (Å²) in [6.07, 6.45) is 0.186. The number of ether oxygens (including phenoxy) is 1. The average Bonchev–Trinajstić information content (AvgIpc) is 2.60. The van der Waals surface area contributed by atoms with Crippen LogP contribution >= 0.6 is 0 Å². The molecule has 0 aliphatic heterocycles. The summed E-state index contributed by atoms with van der Waals surface area (Å²) in [4.78, 5) is 24.4. The van der Waals surface area contributed by atoms with Crippen LogP contribution in [-0.2, 0) is 21.4 Å². The third kappa shape index (κ3) is 5.36. The number of methoxy groups -OCH3 is 1. The number of hydrogen-bond acceptors (Lipinski definition) is 3. The Hall–Kier alpha value is -2.76. The molecular weight excluding hydrogens is 352 g/mol. The molecule has 0 aliphatic carbocycles. The molecule has 0 aliphatic rings. The molecule has 0 aromatic heterocycles. The van der Waals surface area contributed by atoms with Gasteiger partial charge >= 0.3 is 5.97 Å². The number of benzene rings is 2. The number of halogens is 2. The molecule has 144 valence electrons. The van der Waals surface area contributed by atoms with Crippen LogP contribution in [0.2, 0.25) is 0 Å². The molecule has 0 unspecified atom stereocenters. The zero-order valence-electron chi connectivity index (χ0n) is 15.8. The molecule has 2 aromatic rings. The summed E-state index contributed by atoms with van der Waals surface area (Å²) >= 11 is 0. The lowest BCUT2D eigenvalue weighted by Gasteiger charge is -2.20. The zero-order valence-corrected chi connectivity index (χ0v) is 15.8. The van der Waals surface area contributed by atoms with Crippen molar-refractivity contribution in [1.82, 2.24) is 5.32 Å². The molecule has 0 saturated heterocycles. The third-order valence-corrected chi connectivity index (χ3v) is 4.23. The highest BCUT2D eigenvalue weighted by Gasteiger charge is 2.24. The quantitative estimate of drug-likeness (QED) is 0.810. The first-order valence-corrected chi connectivity index (χ1v) is 8.55. The highest BCUT2D eigenvalue weighted by molar-refractivity contribution is 5.97. The largest absolute Gasteiger partial charge is 0.467 e. The normalized spacial score (nSPS) is 12.4. The van der Waals surface area contributed by atoms with Gasteiger partial charge in [-0.2, -0.15) is 0 Å². The predicted octanol–water partition coefficient (Wildman–Crippen LogP) is 3.78. The minimum atomic E-state index is -0.995. The maximum Gasteiger partial charge on any atom is 0.328 e. The fraction of sp³-hybridized carbons (Fsp3) is 0.333. The number of rotatable bonds is 5. The van der Waals surface area contributed by atoms with Crippen molar-refractivity contribution in [3.63, 3.8) is 0 Å². The van der Waals surface area contributed by atoms with E-state index in [1.807, 2.05) is 24.3 Å². The molecule has 6 heteroatoms. The fourth-order valence-electron chi connectivity index (χ4n) is 2.62. The van der Waals surface area contributed by atoms with Crippen molar-refractivity contribution in [1.29, 1.82) is 0 Å². The van der Waals surface area contributed by atoms with Gasteiger partial charge in [-0.25, -0.2) is 13.6 Å². The third-order valence-electron chi connectivity index (χ3n) is 4.23. The van der Waals surface area contributed by atoms with Crippen molar-refractivity contribution in [3.05, 3.63) is 70.8 Å². The summed E-state index contributed by atoms with van der Waals surface area (Å²) in [6, 6.07) is 9.32. The molecule has 1 atom stereocenters. The van der Waals surface area contributed by atoms with Crippen molar-refractivity contribution in [2.75, 3.05) is 7.11 Å². The second-order valence-corrected chi connectivity index (χ2v) is 7.32. The zero-order chi connectivity index (χ0) is 20.2. The van der Waals surface area contributed by atoms with E-state index in [4.69, 9.17) is 4.74 Å². The second kappa shape index (κ2) is 8.29. The van der Waals surface area contributed by atoms with E-state index in [1.165, 1.54) is 7.11 Å². The Morgan fingerprint density at radius 2 is 1.70 bits per heavy atom. The van der Waals surface area contributed by atoms with Gasteiger partial charge in [-0.1, -0.05) is 45.0 Å².